The average Bonchev–Trinajstić information content (AvgIpc) is 3.36. The Morgan fingerprint density at radius 3 is 2.74 bits per heavy atom. The Balaban J connectivity index is 0.00000210. The number of likely N-dealkylation sites (tertiary alicyclic amines) is 1. The van der Waals surface area contributed by atoms with Gasteiger partial charge in [0.2, 0.25) is 0 Å². The molecule has 0 bridgehead atoms. The average molecular weight is 391 g/mol. The zero-order valence-corrected chi connectivity index (χ0v) is 16.4. The van der Waals surface area contributed by atoms with Crippen molar-refractivity contribution in [2.75, 3.05) is 19.7 Å². The SMILES string of the molecule is CCCOc1cn(-c2ccccc2)nc1C(=O)N1CC2CCC(N)C2C1.Cl. The Hall–Kier alpha value is -2.05. The molecule has 0 spiro atoms. The van der Waals surface area contributed by atoms with Crippen LogP contribution in [-0.2, 0) is 0 Å². The van der Waals surface area contributed by atoms with Gasteiger partial charge in [-0.25, -0.2) is 4.68 Å². The molecule has 4 rings (SSSR count). The Bertz CT molecular complexity index is 780. The van der Waals surface area contributed by atoms with Crippen molar-refractivity contribution in [3.05, 3.63) is 42.2 Å². The maximum Gasteiger partial charge on any atom is 0.278 e. The Kier molecular flexibility index (Phi) is 6.07. The van der Waals surface area contributed by atoms with Crippen molar-refractivity contribution in [2.24, 2.45) is 17.6 Å². The number of hydrogen-bond acceptors (Lipinski definition) is 4. The van der Waals surface area contributed by atoms with Crippen LogP contribution in [0.4, 0.5) is 0 Å². The van der Waals surface area contributed by atoms with E-state index in [1.165, 1.54) is 0 Å². The van der Waals surface area contributed by atoms with E-state index in [0.29, 0.717) is 29.9 Å². The van der Waals surface area contributed by atoms with Gasteiger partial charge in [-0.15, -0.1) is 12.4 Å². The van der Waals surface area contributed by atoms with Crippen molar-refractivity contribution in [1.29, 1.82) is 0 Å². The molecule has 27 heavy (non-hydrogen) atoms. The molecule has 7 heteroatoms. The Morgan fingerprint density at radius 2 is 2.04 bits per heavy atom. The second-order valence-electron chi connectivity index (χ2n) is 7.35. The molecular formula is C20H27ClN4O2. The van der Waals surface area contributed by atoms with Crippen molar-refractivity contribution in [2.45, 2.75) is 32.2 Å². The van der Waals surface area contributed by atoms with E-state index in [9.17, 15) is 4.79 Å². The molecule has 2 aromatic rings. The predicted octanol–water partition coefficient (Wildman–Crippen LogP) is 2.89. The highest BCUT2D eigenvalue weighted by Crippen LogP contribution is 2.38. The molecule has 1 saturated heterocycles. The van der Waals surface area contributed by atoms with E-state index >= 15 is 0 Å². The molecule has 0 radical (unpaired) electrons. The lowest BCUT2D eigenvalue weighted by molar-refractivity contribution is 0.0769. The lowest BCUT2D eigenvalue weighted by atomic mass is 9.98. The van der Waals surface area contributed by atoms with Crippen molar-refractivity contribution in [3.8, 4) is 11.4 Å². The van der Waals surface area contributed by atoms with E-state index in [2.05, 4.69) is 5.10 Å². The minimum absolute atomic E-state index is 0. The second kappa shape index (κ2) is 8.31. The van der Waals surface area contributed by atoms with Gasteiger partial charge in [-0.2, -0.15) is 5.10 Å². The molecule has 3 unspecified atom stereocenters. The van der Waals surface area contributed by atoms with Crippen molar-refractivity contribution < 1.29 is 9.53 Å². The van der Waals surface area contributed by atoms with Crippen LogP contribution in [0.3, 0.4) is 0 Å². The molecule has 1 aliphatic heterocycles. The Labute approximate surface area is 166 Å². The van der Waals surface area contributed by atoms with Gasteiger partial charge in [-0.1, -0.05) is 25.1 Å². The van der Waals surface area contributed by atoms with Crippen LogP contribution >= 0.6 is 12.4 Å². The molecule has 1 aromatic carbocycles. The third-order valence-corrected chi connectivity index (χ3v) is 5.57. The number of nitrogens with two attached hydrogens (primary N) is 1. The number of benzene rings is 1. The van der Waals surface area contributed by atoms with Crippen LogP contribution in [0.5, 0.6) is 5.75 Å². The summed E-state index contributed by atoms with van der Waals surface area (Å²) >= 11 is 0. The molecule has 1 aliphatic carbocycles. The van der Waals surface area contributed by atoms with Gasteiger partial charge in [0.25, 0.3) is 5.91 Å². The van der Waals surface area contributed by atoms with Gasteiger partial charge in [-0.05, 0) is 43.2 Å². The monoisotopic (exact) mass is 390 g/mol. The summed E-state index contributed by atoms with van der Waals surface area (Å²) in [5.74, 6) is 1.47. The maximum atomic E-state index is 13.1. The summed E-state index contributed by atoms with van der Waals surface area (Å²) in [5.41, 5.74) is 7.52. The molecule has 6 nitrogen and oxygen atoms in total. The first-order chi connectivity index (χ1) is 12.7. The second-order valence-corrected chi connectivity index (χ2v) is 7.35. The lowest BCUT2D eigenvalue weighted by Gasteiger charge is -2.18. The Morgan fingerprint density at radius 1 is 1.26 bits per heavy atom. The first kappa shape index (κ1) is 19.7. The summed E-state index contributed by atoms with van der Waals surface area (Å²) < 4.78 is 7.55. The van der Waals surface area contributed by atoms with Gasteiger partial charge in [0.15, 0.2) is 11.4 Å². The van der Waals surface area contributed by atoms with Gasteiger partial charge < -0.3 is 15.4 Å². The van der Waals surface area contributed by atoms with Crippen molar-refractivity contribution in [3.63, 3.8) is 0 Å². The van der Waals surface area contributed by atoms with Gasteiger partial charge in [-0.3, -0.25) is 4.79 Å². The van der Waals surface area contributed by atoms with Gasteiger partial charge in [0.05, 0.1) is 18.5 Å². The standard InChI is InChI=1S/C20H26N4O2.ClH/c1-2-10-26-18-13-24(15-6-4-3-5-7-15)22-19(18)20(25)23-11-14-8-9-17(21)16(14)12-23;/h3-7,13-14,16-17H,2,8-12,21H2,1H3;1H. The third-order valence-electron chi connectivity index (χ3n) is 5.57. The van der Waals surface area contributed by atoms with Crippen LogP contribution in [0.15, 0.2) is 36.5 Å². The number of halogens is 1. The molecule has 2 N–H and O–H groups in total. The zero-order valence-electron chi connectivity index (χ0n) is 15.6. The smallest absolute Gasteiger partial charge is 0.278 e. The van der Waals surface area contributed by atoms with Gasteiger partial charge in [0.1, 0.15) is 0 Å². The molecule has 2 heterocycles. The summed E-state index contributed by atoms with van der Waals surface area (Å²) in [5, 5.41) is 4.56. The highest BCUT2D eigenvalue weighted by molar-refractivity contribution is 5.95. The zero-order chi connectivity index (χ0) is 18.1. The fourth-order valence-electron chi connectivity index (χ4n) is 4.16. The summed E-state index contributed by atoms with van der Waals surface area (Å²) in [6.07, 6.45) is 4.88. The summed E-state index contributed by atoms with van der Waals surface area (Å²) in [6, 6.07) is 10.0. The number of aromatic nitrogens is 2. The summed E-state index contributed by atoms with van der Waals surface area (Å²) in [7, 11) is 0. The number of carbonyl (C=O) groups excluding carboxylic acids is 1. The number of nitrogens with zero attached hydrogens (tertiary/aromatic N) is 3. The highest BCUT2D eigenvalue weighted by Gasteiger charge is 2.43. The lowest BCUT2D eigenvalue weighted by Crippen LogP contribution is -2.34. The minimum Gasteiger partial charge on any atom is -0.489 e. The van der Waals surface area contributed by atoms with Gasteiger partial charge >= 0.3 is 0 Å². The van der Waals surface area contributed by atoms with E-state index in [1.807, 2.05) is 42.2 Å². The topological polar surface area (TPSA) is 73.4 Å². The molecule has 2 fully saturated rings. The maximum absolute atomic E-state index is 13.1. The first-order valence-corrected chi connectivity index (χ1v) is 9.50. The van der Waals surface area contributed by atoms with E-state index in [-0.39, 0.29) is 24.4 Å². The first-order valence-electron chi connectivity index (χ1n) is 9.50. The molecular weight excluding hydrogens is 364 g/mol. The molecule has 1 aromatic heterocycles. The molecule has 1 saturated carbocycles. The fourth-order valence-corrected chi connectivity index (χ4v) is 4.16. The van der Waals surface area contributed by atoms with E-state index in [4.69, 9.17) is 10.5 Å². The van der Waals surface area contributed by atoms with E-state index in [1.54, 1.807) is 10.9 Å². The largest absolute Gasteiger partial charge is 0.489 e. The third kappa shape index (κ3) is 3.82. The van der Waals surface area contributed by atoms with Crippen LogP contribution < -0.4 is 10.5 Å². The van der Waals surface area contributed by atoms with Crippen LogP contribution in [0.1, 0.15) is 36.7 Å². The van der Waals surface area contributed by atoms with Crippen LogP contribution in [0.25, 0.3) is 5.69 Å². The van der Waals surface area contributed by atoms with Crippen LogP contribution in [-0.4, -0.2) is 46.3 Å². The number of rotatable bonds is 5. The van der Waals surface area contributed by atoms with Crippen molar-refractivity contribution in [1.82, 2.24) is 14.7 Å². The summed E-state index contributed by atoms with van der Waals surface area (Å²) in [4.78, 5) is 15.1. The summed E-state index contributed by atoms with van der Waals surface area (Å²) in [6.45, 7) is 4.13. The number of hydrogen-bond donors (Lipinski definition) is 1. The number of fused-ring (bicyclic) bond motifs is 1. The number of para-hydroxylation sites is 1. The minimum atomic E-state index is -0.0487. The fraction of sp³-hybridized carbons (Fsp3) is 0.500. The number of carbonyl (C=O) groups is 1. The van der Waals surface area contributed by atoms with Crippen LogP contribution in [0.2, 0.25) is 0 Å². The highest BCUT2D eigenvalue weighted by atomic mass is 35.5. The molecule has 2 aliphatic rings. The van der Waals surface area contributed by atoms with E-state index in [0.717, 1.165) is 38.0 Å². The van der Waals surface area contributed by atoms with Crippen molar-refractivity contribution >= 4 is 18.3 Å². The predicted molar refractivity (Wildman–Crippen MR) is 107 cm³/mol. The number of amides is 1. The quantitative estimate of drug-likeness (QED) is 0.851. The van der Waals surface area contributed by atoms with E-state index < -0.39 is 0 Å². The molecule has 3 atom stereocenters. The van der Waals surface area contributed by atoms with Gasteiger partial charge in [0, 0.05) is 19.1 Å². The van der Waals surface area contributed by atoms with Crippen LogP contribution in [0, 0.1) is 11.8 Å². The molecule has 1 amide bonds. The molecule has 146 valence electrons. The number of ether oxygens (including phenoxy) is 1. The normalized spacial score (nSPS) is 23.8.